The van der Waals surface area contributed by atoms with Gasteiger partial charge in [0.1, 0.15) is 5.60 Å². The number of H-pyrrole nitrogens is 1. The molecule has 30 heavy (non-hydrogen) atoms. The molecule has 2 aliphatic heterocycles. The Morgan fingerprint density at radius 2 is 2.03 bits per heavy atom. The monoisotopic (exact) mass is 409 g/mol. The number of aryl methyl sites for hydroxylation is 1. The van der Waals surface area contributed by atoms with Crippen molar-refractivity contribution in [3.05, 3.63) is 51.3 Å². The van der Waals surface area contributed by atoms with Crippen LogP contribution in [0.3, 0.4) is 0 Å². The number of rotatable bonds is 3. The average molecular weight is 409 g/mol. The molecule has 1 fully saturated rings. The first-order valence-electron chi connectivity index (χ1n) is 10.4. The van der Waals surface area contributed by atoms with Gasteiger partial charge in [-0.15, -0.1) is 0 Å². The van der Waals surface area contributed by atoms with Crippen molar-refractivity contribution >= 4 is 11.6 Å². The van der Waals surface area contributed by atoms with Crippen molar-refractivity contribution in [3.8, 4) is 0 Å². The number of fused-ring (bicyclic) bond motifs is 3. The number of aromatic nitrogens is 5. The van der Waals surface area contributed by atoms with Crippen LogP contribution in [0.5, 0.6) is 0 Å². The summed E-state index contributed by atoms with van der Waals surface area (Å²) in [6.07, 6.45) is 4.56. The van der Waals surface area contributed by atoms with Gasteiger partial charge in [-0.1, -0.05) is 0 Å². The molecule has 0 amide bonds. The minimum Gasteiger partial charge on any atom is -0.368 e. The van der Waals surface area contributed by atoms with Crippen LogP contribution >= 0.6 is 0 Å². The molecule has 9 nitrogen and oxygen atoms in total. The molecule has 5 rings (SSSR count). The van der Waals surface area contributed by atoms with Gasteiger partial charge in [-0.3, -0.25) is 14.8 Å². The summed E-state index contributed by atoms with van der Waals surface area (Å²) in [7, 11) is 3.91. The third-order valence-electron chi connectivity index (χ3n) is 6.11. The molecule has 3 aromatic rings. The van der Waals surface area contributed by atoms with E-state index in [1.165, 1.54) is 10.1 Å². The highest BCUT2D eigenvalue weighted by Gasteiger charge is 2.42. The molecular weight excluding hydrogens is 382 g/mol. The Morgan fingerprint density at radius 1 is 1.23 bits per heavy atom. The summed E-state index contributed by atoms with van der Waals surface area (Å²) in [4.78, 5) is 30.6. The number of ether oxygens (including phenoxy) is 1. The normalized spacial score (nSPS) is 18.6. The van der Waals surface area contributed by atoms with Crippen molar-refractivity contribution < 1.29 is 4.74 Å². The van der Waals surface area contributed by atoms with Gasteiger partial charge in [0, 0.05) is 57.8 Å². The van der Waals surface area contributed by atoms with E-state index in [1.807, 2.05) is 38.2 Å². The van der Waals surface area contributed by atoms with Gasteiger partial charge in [-0.05, 0) is 31.7 Å². The molecule has 158 valence electrons. The molecule has 0 aromatic carbocycles. The van der Waals surface area contributed by atoms with E-state index >= 15 is 0 Å². The van der Waals surface area contributed by atoms with Crippen LogP contribution in [0.1, 0.15) is 35.5 Å². The second-order valence-electron chi connectivity index (χ2n) is 8.53. The summed E-state index contributed by atoms with van der Waals surface area (Å²) in [6, 6.07) is 3.52. The highest BCUT2D eigenvalue weighted by atomic mass is 16.5. The molecule has 1 N–H and O–H groups in total. The maximum absolute atomic E-state index is 12.4. The summed E-state index contributed by atoms with van der Waals surface area (Å²) >= 11 is 0. The fraction of sp³-hybridized carbons (Fsp3) is 0.524. The van der Waals surface area contributed by atoms with E-state index in [0.29, 0.717) is 18.8 Å². The number of nitrogens with zero attached hydrogens (tertiary/aromatic N) is 6. The number of hydrogen-bond donors (Lipinski definition) is 1. The molecule has 0 unspecified atom stereocenters. The van der Waals surface area contributed by atoms with Crippen molar-refractivity contribution in [1.82, 2.24) is 29.5 Å². The molecule has 0 atom stereocenters. The van der Waals surface area contributed by atoms with Crippen molar-refractivity contribution in [1.29, 1.82) is 0 Å². The van der Waals surface area contributed by atoms with Gasteiger partial charge in [-0.2, -0.15) is 0 Å². The van der Waals surface area contributed by atoms with Gasteiger partial charge >= 0.3 is 0 Å². The highest BCUT2D eigenvalue weighted by Crippen LogP contribution is 2.40. The lowest BCUT2D eigenvalue weighted by atomic mass is 9.83. The molecule has 0 bridgehead atoms. The molecule has 9 heteroatoms. The largest absolute Gasteiger partial charge is 0.368 e. The summed E-state index contributed by atoms with van der Waals surface area (Å²) in [5.41, 5.74) is 4.22. The zero-order valence-electron chi connectivity index (χ0n) is 17.7. The van der Waals surface area contributed by atoms with Crippen LogP contribution in [-0.4, -0.2) is 63.3 Å². The van der Waals surface area contributed by atoms with Gasteiger partial charge < -0.3 is 9.64 Å². The minimum atomic E-state index is -0.341. The first kappa shape index (κ1) is 19.2. The summed E-state index contributed by atoms with van der Waals surface area (Å²) in [6.45, 7) is 5.03. The molecule has 0 radical (unpaired) electrons. The van der Waals surface area contributed by atoms with Gasteiger partial charge in [0.05, 0.1) is 18.0 Å². The predicted molar refractivity (Wildman–Crippen MR) is 113 cm³/mol. The second-order valence-corrected chi connectivity index (χ2v) is 8.53. The lowest BCUT2D eigenvalue weighted by Gasteiger charge is -2.44. The first-order valence-corrected chi connectivity index (χ1v) is 10.4. The molecule has 5 heterocycles. The second kappa shape index (κ2) is 7.17. The van der Waals surface area contributed by atoms with E-state index in [9.17, 15) is 4.79 Å². The van der Waals surface area contributed by atoms with E-state index in [0.717, 1.165) is 55.4 Å². The molecule has 1 saturated heterocycles. The van der Waals surface area contributed by atoms with Crippen LogP contribution < -0.4 is 10.5 Å². The zero-order chi connectivity index (χ0) is 20.9. The zero-order valence-corrected chi connectivity index (χ0v) is 17.7. The van der Waals surface area contributed by atoms with Crippen LogP contribution in [0.15, 0.2) is 23.1 Å². The molecule has 3 aromatic heterocycles. The topological polar surface area (TPSA) is 91.7 Å². The van der Waals surface area contributed by atoms with Crippen molar-refractivity contribution in [2.24, 2.45) is 0 Å². The number of aromatic amines is 1. The maximum atomic E-state index is 12.4. The Morgan fingerprint density at radius 3 is 2.80 bits per heavy atom. The maximum Gasteiger partial charge on any atom is 0.272 e. The Labute approximate surface area is 174 Å². The molecule has 0 aliphatic carbocycles. The van der Waals surface area contributed by atoms with Gasteiger partial charge in [0.15, 0.2) is 5.65 Å². The van der Waals surface area contributed by atoms with Crippen LogP contribution in [0.25, 0.3) is 5.65 Å². The summed E-state index contributed by atoms with van der Waals surface area (Å²) < 4.78 is 7.82. The smallest absolute Gasteiger partial charge is 0.272 e. The third kappa shape index (κ3) is 3.27. The number of hydrogen-bond acceptors (Lipinski definition) is 7. The van der Waals surface area contributed by atoms with E-state index in [1.54, 1.807) is 6.07 Å². The molecular formula is C21H27N7O2. The fourth-order valence-corrected chi connectivity index (χ4v) is 4.54. The summed E-state index contributed by atoms with van der Waals surface area (Å²) in [5.74, 6) is 0.723. The Hall–Kier alpha value is -2.78. The van der Waals surface area contributed by atoms with E-state index in [2.05, 4.69) is 20.0 Å². The number of nitrogens with one attached hydrogen (secondary N) is 1. The lowest BCUT2D eigenvalue weighted by molar-refractivity contribution is -0.102. The minimum absolute atomic E-state index is 0.0750. The van der Waals surface area contributed by atoms with E-state index < -0.39 is 0 Å². The van der Waals surface area contributed by atoms with Gasteiger partial charge in [0.25, 0.3) is 5.56 Å². The van der Waals surface area contributed by atoms with Crippen LogP contribution in [-0.2, 0) is 23.3 Å². The van der Waals surface area contributed by atoms with Gasteiger partial charge in [-0.25, -0.2) is 19.5 Å². The SMILES string of the molecule is Cc1cc2nc(CN3CCC4(CC3)OCCc3cnc(N(C)C)nc34)cc(=O)n2[nH]1. The quantitative estimate of drug-likeness (QED) is 0.696. The number of anilines is 1. The van der Waals surface area contributed by atoms with Crippen molar-refractivity contribution in [3.63, 3.8) is 0 Å². The molecule has 2 aliphatic rings. The van der Waals surface area contributed by atoms with Crippen molar-refractivity contribution in [2.45, 2.75) is 38.3 Å². The highest BCUT2D eigenvalue weighted by molar-refractivity contribution is 5.39. The van der Waals surface area contributed by atoms with E-state index in [4.69, 9.17) is 9.72 Å². The van der Waals surface area contributed by atoms with E-state index in [-0.39, 0.29) is 11.2 Å². The summed E-state index contributed by atoms with van der Waals surface area (Å²) in [5, 5.41) is 3.01. The standard InChI is InChI=1S/C21H27N7O2/c1-14-10-17-23-16(11-18(29)28(17)25-14)13-27-7-5-21(6-8-27)19-15(4-9-30-21)12-22-20(24-19)26(2)3/h10-12,25H,4-9,13H2,1-3H3. The van der Waals surface area contributed by atoms with Crippen LogP contribution in [0.4, 0.5) is 5.95 Å². The Bertz CT molecular complexity index is 1140. The Balaban J connectivity index is 1.35. The average Bonchev–Trinajstić information content (AvgIpc) is 3.11. The molecule has 1 spiro atoms. The predicted octanol–water partition coefficient (Wildman–Crippen LogP) is 1.25. The molecule has 0 saturated carbocycles. The number of likely N-dealkylation sites (tertiary alicyclic amines) is 1. The van der Waals surface area contributed by atoms with Gasteiger partial charge in [0.2, 0.25) is 5.95 Å². The fourth-order valence-electron chi connectivity index (χ4n) is 4.54. The Kier molecular flexibility index (Phi) is 4.59. The van der Waals surface area contributed by atoms with Crippen molar-refractivity contribution in [2.75, 3.05) is 38.7 Å². The number of piperidine rings is 1. The lowest BCUT2D eigenvalue weighted by Crippen LogP contribution is -2.47. The third-order valence-corrected chi connectivity index (χ3v) is 6.11. The van der Waals surface area contributed by atoms with Crippen LogP contribution in [0, 0.1) is 6.92 Å². The first-order chi connectivity index (χ1) is 14.4. The van der Waals surface area contributed by atoms with Crippen LogP contribution in [0.2, 0.25) is 0 Å².